The molecular formula is C18H23N4O2S2+. The predicted octanol–water partition coefficient (Wildman–Crippen LogP) is 1.42. The molecule has 8 heteroatoms. The lowest BCUT2D eigenvalue weighted by Gasteiger charge is -2.19. The van der Waals surface area contributed by atoms with E-state index in [0.717, 1.165) is 24.1 Å². The van der Waals surface area contributed by atoms with Crippen LogP contribution >= 0.6 is 12.2 Å². The SMILES string of the molecule is CC[NH+](Cc1ccccc1)Cn1c(=S)n(C)c2ccc(S(N)(=O)=O)cc21. The third kappa shape index (κ3) is 3.73. The summed E-state index contributed by atoms with van der Waals surface area (Å²) in [5.41, 5.74) is 2.92. The molecular weight excluding hydrogens is 368 g/mol. The van der Waals surface area contributed by atoms with Crippen molar-refractivity contribution in [1.29, 1.82) is 0 Å². The van der Waals surface area contributed by atoms with Crippen molar-refractivity contribution in [3.63, 3.8) is 0 Å². The van der Waals surface area contributed by atoms with E-state index in [4.69, 9.17) is 17.4 Å². The van der Waals surface area contributed by atoms with Crippen molar-refractivity contribution in [2.45, 2.75) is 25.0 Å². The molecule has 0 radical (unpaired) electrons. The minimum absolute atomic E-state index is 0.0976. The Bertz CT molecular complexity index is 1090. The lowest BCUT2D eigenvalue weighted by atomic mass is 10.2. The summed E-state index contributed by atoms with van der Waals surface area (Å²) >= 11 is 5.59. The van der Waals surface area contributed by atoms with E-state index in [-0.39, 0.29) is 4.90 Å². The summed E-state index contributed by atoms with van der Waals surface area (Å²) in [6, 6.07) is 15.2. The van der Waals surface area contributed by atoms with Crippen molar-refractivity contribution in [2.24, 2.45) is 12.2 Å². The van der Waals surface area contributed by atoms with Gasteiger partial charge in [-0.25, -0.2) is 13.6 Å². The van der Waals surface area contributed by atoms with Gasteiger partial charge in [0.25, 0.3) is 0 Å². The molecule has 0 bridgehead atoms. The largest absolute Gasteiger partial charge is 0.320 e. The molecule has 0 aliphatic heterocycles. The molecule has 1 unspecified atom stereocenters. The van der Waals surface area contributed by atoms with Crippen molar-refractivity contribution in [2.75, 3.05) is 6.54 Å². The Morgan fingerprint density at radius 3 is 2.42 bits per heavy atom. The summed E-state index contributed by atoms with van der Waals surface area (Å²) in [5.74, 6) is 0. The smallest absolute Gasteiger partial charge is 0.238 e. The highest BCUT2D eigenvalue weighted by Crippen LogP contribution is 2.20. The number of fused-ring (bicyclic) bond motifs is 1. The van der Waals surface area contributed by atoms with Gasteiger partial charge in [-0.3, -0.25) is 4.57 Å². The fourth-order valence-corrected chi connectivity index (χ4v) is 3.92. The second-order valence-electron chi connectivity index (χ2n) is 6.39. The Labute approximate surface area is 158 Å². The zero-order chi connectivity index (χ0) is 18.9. The summed E-state index contributed by atoms with van der Waals surface area (Å²) in [7, 11) is -1.87. The molecule has 0 saturated carbocycles. The fourth-order valence-electron chi connectivity index (χ4n) is 3.12. The zero-order valence-electron chi connectivity index (χ0n) is 14.8. The van der Waals surface area contributed by atoms with Gasteiger partial charge in [-0.05, 0) is 37.3 Å². The average Bonchev–Trinajstić information content (AvgIpc) is 2.85. The van der Waals surface area contributed by atoms with Crippen molar-refractivity contribution >= 4 is 33.3 Å². The molecule has 2 aromatic carbocycles. The van der Waals surface area contributed by atoms with Gasteiger partial charge >= 0.3 is 0 Å². The number of nitrogens with zero attached hydrogens (tertiary/aromatic N) is 2. The van der Waals surface area contributed by atoms with Gasteiger partial charge in [0, 0.05) is 12.6 Å². The highest BCUT2D eigenvalue weighted by atomic mass is 32.2. The van der Waals surface area contributed by atoms with Crippen molar-refractivity contribution in [1.82, 2.24) is 9.13 Å². The van der Waals surface area contributed by atoms with Crippen LogP contribution in [-0.4, -0.2) is 24.1 Å². The number of aryl methyl sites for hydroxylation is 1. The summed E-state index contributed by atoms with van der Waals surface area (Å²) in [4.78, 5) is 1.42. The summed E-state index contributed by atoms with van der Waals surface area (Å²) in [6.07, 6.45) is 0. The Balaban J connectivity index is 2.03. The molecule has 6 nitrogen and oxygen atoms in total. The van der Waals surface area contributed by atoms with E-state index in [0.29, 0.717) is 11.4 Å². The molecule has 26 heavy (non-hydrogen) atoms. The molecule has 1 heterocycles. The highest BCUT2D eigenvalue weighted by molar-refractivity contribution is 7.89. The van der Waals surface area contributed by atoms with Crippen LogP contribution in [0.3, 0.4) is 0 Å². The maximum Gasteiger partial charge on any atom is 0.238 e. The highest BCUT2D eigenvalue weighted by Gasteiger charge is 2.17. The first-order chi connectivity index (χ1) is 12.3. The van der Waals surface area contributed by atoms with Gasteiger partial charge in [0.15, 0.2) is 11.4 Å². The Hall–Kier alpha value is -2.00. The third-order valence-corrected chi connectivity index (χ3v) is 6.03. The number of nitrogens with two attached hydrogens (primary N) is 1. The number of benzene rings is 2. The van der Waals surface area contributed by atoms with Gasteiger partial charge in [0.2, 0.25) is 10.0 Å². The fraction of sp³-hybridized carbons (Fsp3) is 0.278. The van der Waals surface area contributed by atoms with E-state index in [1.54, 1.807) is 12.1 Å². The molecule has 1 aromatic heterocycles. The van der Waals surface area contributed by atoms with Crippen LogP contribution in [0.5, 0.6) is 0 Å². The van der Waals surface area contributed by atoms with Gasteiger partial charge in [-0.15, -0.1) is 0 Å². The number of hydrogen-bond acceptors (Lipinski definition) is 3. The molecule has 138 valence electrons. The lowest BCUT2D eigenvalue weighted by Crippen LogP contribution is -3.09. The van der Waals surface area contributed by atoms with Gasteiger partial charge in [-0.1, -0.05) is 30.3 Å². The van der Waals surface area contributed by atoms with E-state index in [1.807, 2.05) is 34.4 Å². The molecule has 0 spiro atoms. The van der Waals surface area contributed by atoms with Crippen LogP contribution < -0.4 is 10.0 Å². The topological polar surface area (TPSA) is 74.5 Å². The Morgan fingerprint density at radius 1 is 1.12 bits per heavy atom. The minimum atomic E-state index is -3.76. The number of aromatic nitrogens is 2. The van der Waals surface area contributed by atoms with Crippen LogP contribution in [0.25, 0.3) is 11.0 Å². The van der Waals surface area contributed by atoms with Gasteiger partial charge in [0.1, 0.15) is 6.54 Å². The number of imidazole rings is 1. The number of rotatable bonds is 6. The number of sulfonamides is 1. The van der Waals surface area contributed by atoms with Crippen LogP contribution in [0.2, 0.25) is 0 Å². The van der Waals surface area contributed by atoms with Gasteiger partial charge in [-0.2, -0.15) is 0 Å². The van der Waals surface area contributed by atoms with Gasteiger partial charge < -0.3 is 9.47 Å². The Morgan fingerprint density at radius 2 is 1.81 bits per heavy atom. The lowest BCUT2D eigenvalue weighted by molar-refractivity contribution is -0.934. The van der Waals surface area contributed by atoms with E-state index in [2.05, 4.69) is 19.1 Å². The molecule has 0 aliphatic carbocycles. The molecule has 3 rings (SSSR count). The molecule has 0 saturated heterocycles. The van der Waals surface area contributed by atoms with Gasteiger partial charge in [0.05, 0.1) is 22.5 Å². The second kappa shape index (κ2) is 7.32. The quantitative estimate of drug-likeness (QED) is 0.624. The first-order valence-electron chi connectivity index (χ1n) is 8.41. The predicted molar refractivity (Wildman–Crippen MR) is 105 cm³/mol. The summed E-state index contributed by atoms with van der Waals surface area (Å²) in [6.45, 7) is 4.56. The number of hydrogen-bond donors (Lipinski definition) is 2. The monoisotopic (exact) mass is 391 g/mol. The maximum atomic E-state index is 11.7. The van der Waals surface area contributed by atoms with Crippen LogP contribution in [-0.2, 0) is 30.3 Å². The zero-order valence-corrected chi connectivity index (χ0v) is 16.5. The molecule has 0 aliphatic rings. The van der Waals surface area contributed by atoms with Crippen LogP contribution in [0.15, 0.2) is 53.4 Å². The van der Waals surface area contributed by atoms with Crippen LogP contribution in [0.1, 0.15) is 12.5 Å². The molecule has 1 atom stereocenters. The van der Waals surface area contributed by atoms with Crippen LogP contribution in [0.4, 0.5) is 0 Å². The molecule has 3 N–H and O–H groups in total. The maximum absolute atomic E-state index is 11.7. The third-order valence-electron chi connectivity index (χ3n) is 4.62. The van der Waals surface area contributed by atoms with E-state index in [1.165, 1.54) is 16.5 Å². The molecule has 3 aromatic rings. The van der Waals surface area contributed by atoms with Crippen molar-refractivity contribution in [3.05, 3.63) is 58.9 Å². The number of nitrogens with one attached hydrogen (secondary N) is 1. The standard InChI is InChI=1S/C18H22N4O2S2/c1-3-21(12-14-7-5-4-6-8-14)13-22-17-11-15(26(19,23)24)9-10-16(17)20(2)18(22)25/h4-11H,3,12-13H2,1-2H3,(H2,19,23,24)/p+1. The van der Waals surface area contributed by atoms with Crippen molar-refractivity contribution < 1.29 is 13.3 Å². The summed E-state index contributed by atoms with van der Waals surface area (Å²) in [5, 5.41) is 5.30. The van der Waals surface area contributed by atoms with E-state index in [9.17, 15) is 8.42 Å². The van der Waals surface area contributed by atoms with E-state index >= 15 is 0 Å². The number of primary sulfonamides is 1. The second-order valence-corrected chi connectivity index (χ2v) is 8.32. The first-order valence-corrected chi connectivity index (χ1v) is 10.4. The normalized spacial score (nSPS) is 13.2. The van der Waals surface area contributed by atoms with E-state index < -0.39 is 10.0 Å². The van der Waals surface area contributed by atoms with Crippen LogP contribution in [0, 0.1) is 4.77 Å². The Kier molecular flexibility index (Phi) is 5.29. The number of quaternary nitrogens is 1. The van der Waals surface area contributed by atoms with Crippen molar-refractivity contribution in [3.8, 4) is 0 Å². The molecule has 0 amide bonds. The first kappa shape index (κ1) is 18.8. The minimum Gasteiger partial charge on any atom is -0.320 e. The average molecular weight is 392 g/mol. The summed E-state index contributed by atoms with van der Waals surface area (Å²) < 4.78 is 28.0. The molecule has 0 fully saturated rings.